The highest BCUT2D eigenvalue weighted by molar-refractivity contribution is 7.22. The van der Waals surface area contributed by atoms with Crippen LogP contribution in [0.4, 0.5) is 10.8 Å². The van der Waals surface area contributed by atoms with Gasteiger partial charge in [0.05, 0.1) is 34.9 Å². The Balaban J connectivity index is 1.91. The predicted molar refractivity (Wildman–Crippen MR) is 93.8 cm³/mol. The maximum atomic E-state index is 12.5. The number of hydrogen-bond donors (Lipinski definition) is 1. The molecule has 0 spiro atoms. The summed E-state index contributed by atoms with van der Waals surface area (Å²) in [4.78, 5) is 27.2. The van der Waals surface area contributed by atoms with E-state index in [1.165, 1.54) is 36.6 Å². The summed E-state index contributed by atoms with van der Waals surface area (Å²) in [6.45, 7) is 0. The number of nitro groups is 1. The number of carbonyl (C=O) groups is 1. The van der Waals surface area contributed by atoms with Gasteiger partial charge in [-0.05, 0) is 24.3 Å². The molecule has 0 atom stereocenters. The fourth-order valence-electron chi connectivity index (χ4n) is 2.24. The quantitative estimate of drug-likeness (QED) is 0.552. The predicted octanol–water partition coefficient (Wildman–Crippen LogP) is 3.47. The molecule has 0 aliphatic heterocycles. The number of non-ortho nitro benzene ring substituents is 1. The first-order valence-corrected chi connectivity index (χ1v) is 7.92. The third kappa shape index (κ3) is 3.36. The summed E-state index contributed by atoms with van der Waals surface area (Å²) in [6, 6.07) is 9.21. The van der Waals surface area contributed by atoms with Gasteiger partial charge in [-0.25, -0.2) is 4.98 Å². The summed E-state index contributed by atoms with van der Waals surface area (Å²) in [6.07, 6.45) is 0. The van der Waals surface area contributed by atoms with Gasteiger partial charge in [0, 0.05) is 12.1 Å². The van der Waals surface area contributed by atoms with Gasteiger partial charge in [-0.1, -0.05) is 11.3 Å². The van der Waals surface area contributed by atoms with Gasteiger partial charge in [0.2, 0.25) is 0 Å². The van der Waals surface area contributed by atoms with Gasteiger partial charge < -0.3 is 9.47 Å². The minimum Gasteiger partial charge on any atom is -0.497 e. The van der Waals surface area contributed by atoms with E-state index >= 15 is 0 Å². The molecule has 2 aromatic carbocycles. The number of methoxy groups -OCH3 is 2. The van der Waals surface area contributed by atoms with Crippen LogP contribution in [0, 0.1) is 10.1 Å². The monoisotopic (exact) mass is 359 g/mol. The number of nitrogens with one attached hydrogen (secondary N) is 1. The normalized spacial score (nSPS) is 10.5. The number of ether oxygens (including phenoxy) is 2. The Morgan fingerprint density at radius 1 is 1.20 bits per heavy atom. The van der Waals surface area contributed by atoms with E-state index in [9.17, 15) is 14.9 Å². The first-order valence-electron chi connectivity index (χ1n) is 7.10. The Bertz CT molecular complexity index is 970. The molecule has 1 N–H and O–H groups in total. The van der Waals surface area contributed by atoms with Crippen LogP contribution >= 0.6 is 11.3 Å². The minimum absolute atomic E-state index is 0.0635. The Hall–Kier alpha value is -3.20. The van der Waals surface area contributed by atoms with Crippen LogP contribution in [-0.4, -0.2) is 30.0 Å². The molecule has 3 aromatic rings. The van der Waals surface area contributed by atoms with Crippen molar-refractivity contribution in [2.24, 2.45) is 0 Å². The lowest BCUT2D eigenvalue weighted by Crippen LogP contribution is -2.13. The van der Waals surface area contributed by atoms with Crippen molar-refractivity contribution in [2.45, 2.75) is 0 Å². The summed E-state index contributed by atoms with van der Waals surface area (Å²) in [7, 11) is 2.96. The number of nitrogens with zero attached hydrogens (tertiary/aromatic N) is 2. The number of carbonyl (C=O) groups excluding carboxylic acids is 1. The molecule has 0 unspecified atom stereocenters. The molecule has 1 aromatic heterocycles. The van der Waals surface area contributed by atoms with Gasteiger partial charge in [0.1, 0.15) is 11.5 Å². The lowest BCUT2D eigenvalue weighted by molar-refractivity contribution is -0.384. The first kappa shape index (κ1) is 16.7. The number of anilines is 1. The molecule has 0 saturated carbocycles. The van der Waals surface area contributed by atoms with E-state index in [4.69, 9.17) is 9.47 Å². The summed E-state index contributed by atoms with van der Waals surface area (Å²) in [5, 5.41) is 14.0. The van der Waals surface area contributed by atoms with Crippen molar-refractivity contribution in [2.75, 3.05) is 19.5 Å². The Kier molecular flexibility index (Phi) is 4.48. The van der Waals surface area contributed by atoms with Gasteiger partial charge in [-0.2, -0.15) is 0 Å². The largest absolute Gasteiger partial charge is 0.497 e. The number of nitro benzene ring substituents is 1. The number of hydrogen-bond acceptors (Lipinski definition) is 7. The van der Waals surface area contributed by atoms with E-state index in [0.717, 1.165) is 4.70 Å². The van der Waals surface area contributed by atoms with Crippen LogP contribution in [-0.2, 0) is 0 Å². The highest BCUT2D eigenvalue weighted by atomic mass is 32.1. The van der Waals surface area contributed by atoms with Crippen molar-refractivity contribution in [1.29, 1.82) is 0 Å². The van der Waals surface area contributed by atoms with Crippen molar-refractivity contribution in [3.8, 4) is 11.5 Å². The number of amides is 1. The summed E-state index contributed by atoms with van der Waals surface area (Å²) < 4.78 is 11.1. The number of fused-ring (bicyclic) bond motifs is 1. The molecule has 25 heavy (non-hydrogen) atoms. The lowest BCUT2D eigenvalue weighted by Gasteiger charge is -2.07. The number of aromatic nitrogens is 1. The van der Waals surface area contributed by atoms with Crippen LogP contribution in [0.2, 0.25) is 0 Å². The van der Waals surface area contributed by atoms with E-state index in [2.05, 4.69) is 10.3 Å². The highest BCUT2D eigenvalue weighted by Gasteiger charge is 2.19. The van der Waals surface area contributed by atoms with Crippen LogP contribution in [0.3, 0.4) is 0 Å². The Morgan fingerprint density at radius 3 is 2.68 bits per heavy atom. The van der Waals surface area contributed by atoms with Gasteiger partial charge in [-0.3, -0.25) is 20.2 Å². The molecule has 3 rings (SSSR count). The molecule has 0 aliphatic rings. The maximum Gasteiger partial charge on any atom is 0.270 e. The van der Waals surface area contributed by atoms with E-state index in [0.29, 0.717) is 16.4 Å². The average molecular weight is 359 g/mol. The topological polar surface area (TPSA) is 104 Å². The fraction of sp³-hybridized carbons (Fsp3) is 0.125. The van der Waals surface area contributed by atoms with Crippen LogP contribution < -0.4 is 14.8 Å². The Morgan fingerprint density at radius 2 is 2.00 bits per heavy atom. The molecule has 128 valence electrons. The van der Waals surface area contributed by atoms with Crippen LogP contribution in [0.1, 0.15) is 10.4 Å². The van der Waals surface area contributed by atoms with Gasteiger partial charge in [-0.15, -0.1) is 0 Å². The molecule has 8 nitrogen and oxygen atoms in total. The smallest absolute Gasteiger partial charge is 0.270 e. The van der Waals surface area contributed by atoms with Crippen molar-refractivity contribution in [3.05, 3.63) is 52.1 Å². The molecule has 1 heterocycles. The molecule has 9 heteroatoms. The summed E-state index contributed by atoms with van der Waals surface area (Å²) >= 11 is 1.28. The maximum absolute atomic E-state index is 12.5. The zero-order valence-electron chi connectivity index (χ0n) is 13.3. The van der Waals surface area contributed by atoms with Crippen LogP contribution in [0.15, 0.2) is 36.4 Å². The fourth-order valence-corrected chi connectivity index (χ4v) is 3.13. The van der Waals surface area contributed by atoms with E-state index in [1.807, 2.05) is 6.07 Å². The minimum atomic E-state index is -0.569. The standard InChI is InChI=1S/C16H13N3O5S/c1-23-10-4-5-12-14(8-10)25-16(17-12)18-15(20)11-7-9(19(21)22)3-6-13(11)24-2/h3-8H,1-2H3,(H,17,18,20). The molecule has 0 aliphatic carbocycles. The van der Waals surface area contributed by atoms with Crippen LogP contribution in [0.5, 0.6) is 11.5 Å². The lowest BCUT2D eigenvalue weighted by atomic mass is 10.1. The number of thiazole rings is 1. The van der Waals surface area contributed by atoms with E-state index in [1.54, 1.807) is 19.2 Å². The summed E-state index contributed by atoms with van der Waals surface area (Å²) in [5.41, 5.74) is 0.584. The molecule has 0 radical (unpaired) electrons. The third-order valence-electron chi connectivity index (χ3n) is 3.45. The molecule has 0 fully saturated rings. The van der Waals surface area contributed by atoms with E-state index in [-0.39, 0.29) is 17.0 Å². The number of benzene rings is 2. The van der Waals surface area contributed by atoms with Gasteiger partial charge in [0.25, 0.3) is 11.6 Å². The Labute approximate surface area is 146 Å². The molecule has 0 bridgehead atoms. The van der Waals surface area contributed by atoms with Crippen molar-refractivity contribution in [1.82, 2.24) is 4.98 Å². The van der Waals surface area contributed by atoms with Crippen molar-refractivity contribution < 1.29 is 19.2 Å². The second kappa shape index (κ2) is 6.73. The number of rotatable bonds is 5. The van der Waals surface area contributed by atoms with Crippen molar-refractivity contribution >= 4 is 38.3 Å². The average Bonchev–Trinajstić information content (AvgIpc) is 3.01. The van der Waals surface area contributed by atoms with Crippen molar-refractivity contribution in [3.63, 3.8) is 0 Å². The molecular formula is C16H13N3O5S. The van der Waals surface area contributed by atoms with Gasteiger partial charge in [0.15, 0.2) is 5.13 Å². The molecule has 1 amide bonds. The SMILES string of the molecule is COc1ccc2nc(NC(=O)c3cc([N+](=O)[O-])ccc3OC)sc2c1. The molecular weight excluding hydrogens is 346 g/mol. The second-order valence-corrected chi connectivity index (χ2v) is 5.98. The first-order chi connectivity index (χ1) is 12.0. The highest BCUT2D eigenvalue weighted by Crippen LogP contribution is 2.30. The third-order valence-corrected chi connectivity index (χ3v) is 4.39. The van der Waals surface area contributed by atoms with E-state index < -0.39 is 10.8 Å². The second-order valence-electron chi connectivity index (χ2n) is 4.95. The molecule has 0 saturated heterocycles. The van der Waals surface area contributed by atoms with Gasteiger partial charge >= 0.3 is 0 Å². The zero-order valence-corrected chi connectivity index (χ0v) is 14.1. The summed E-state index contributed by atoms with van der Waals surface area (Å²) in [5.74, 6) is 0.395. The van der Waals surface area contributed by atoms with Crippen LogP contribution in [0.25, 0.3) is 10.2 Å². The zero-order chi connectivity index (χ0) is 18.0.